The van der Waals surface area contributed by atoms with E-state index in [1.54, 1.807) is 32.4 Å². The molecule has 0 spiro atoms. The molecule has 22 heavy (non-hydrogen) atoms. The van der Waals surface area contributed by atoms with E-state index >= 15 is 0 Å². The summed E-state index contributed by atoms with van der Waals surface area (Å²) in [4.78, 5) is 25.2. The van der Waals surface area contributed by atoms with Gasteiger partial charge in [0.05, 0.1) is 17.7 Å². The van der Waals surface area contributed by atoms with E-state index in [2.05, 4.69) is 5.32 Å². The summed E-state index contributed by atoms with van der Waals surface area (Å²) in [6, 6.07) is 2.99. The number of carbonyl (C=O) groups is 2. The zero-order chi connectivity index (χ0) is 16.2. The fourth-order valence-corrected chi connectivity index (χ4v) is 2.56. The number of furan rings is 1. The van der Waals surface area contributed by atoms with Gasteiger partial charge in [0.15, 0.2) is 0 Å². The molecule has 7 heteroatoms. The summed E-state index contributed by atoms with van der Waals surface area (Å²) in [5.41, 5.74) is -0.871. The van der Waals surface area contributed by atoms with Crippen LogP contribution in [0.1, 0.15) is 31.6 Å². The highest BCUT2D eigenvalue weighted by Gasteiger charge is 2.42. The predicted octanol–water partition coefficient (Wildman–Crippen LogP) is 1.86. The Balaban J connectivity index is 1.98. The van der Waals surface area contributed by atoms with Crippen LogP contribution in [0, 0.1) is 5.41 Å². The smallest absolute Gasteiger partial charge is 0.318 e. The number of nitrogens with zero attached hydrogens (tertiary/aromatic N) is 1. The number of ether oxygens (including phenoxy) is 1. The lowest BCUT2D eigenvalue weighted by atomic mass is 9.90. The van der Waals surface area contributed by atoms with Crippen LogP contribution < -0.4 is 5.32 Å². The molecule has 1 aromatic rings. The van der Waals surface area contributed by atoms with Crippen molar-refractivity contribution in [2.75, 3.05) is 26.8 Å². The first-order valence-electron chi connectivity index (χ1n) is 7.27. The van der Waals surface area contributed by atoms with Gasteiger partial charge in [-0.2, -0.15) is 0 Å². The maximum Gasteiger partial charge on any atom is 0.318 e. The monoisotopic (exact) mass is 310 g/mol. The minimum Gasteiger partial charge on any atom is -0.481 e. The molecule has 2 atom stereocenters. The largest absolute Gasteiger partial charge is 0.481 e. The molecule has 2 N–H and O–H groups in total. The van der Waals surface area contributed by atoms with Crippen LogP contribution in [0.5, 0.6) is 0 Å². The predicted molar refractivity (Wildman–Crippen MR) is 78.4 cm³/mol. The molecule has 2 rings (SSSR count). The third-order valence-corrected chi connectivity index (χ3v) is 4.07. The first-order valence-corrected chi connectivity index (χ1v) is 7.27. The van der Waals surface area contributed by atoms with Crippen LogP contribution in [-0.2, 0) is 9.53 Å². The number of hydrogen-bond acceptors (Lipinski definition) is 4. The highest BCUT2D eigenvalue weighted by molar-refractivity contribution is 5.79. The van der Waals surface area contributed by atoms with Crippen LogP contribution in [0.3, 0.4) is 0 Å². The average Bonchev–Trinajstić information content (AvgIpc) is 3.13. The van der Waals surface area contributed by atoms with Gasteiger partial charge in [-0.05, 0) is 31.9 Å². The van der Waals surface area contributed by atoms with Gasteiger partial charge in [0.2, 0.25) is 0 Å². The van der Waals surface area contributed by atoms with E-state index in [9.17, 15) is 14.7 Å². The molecule has 1 aromatic heterocycles. The Hall–Kier alpha value is -2.02. The van der Waals surface area contributed by atoms with Crippen LogP contribution in [0.25, 0.3) is 0 Å². The molecule has 1 saturated heterocycles. The van der Waals surface area contributed by atoms with E-state index in [1.807, 2.05) is 0 Å². The van der Waals surface area contributed by atoms with Crippen molar-refractivity contribution in [1.29, 1.82) is 0 Å². The number of rotatable bonds is 6. The molecule has 0 saturated carbocycles. The van der Waals surface area contributed by atoms with Gasteiger partial charge in [-0.1, -0.05) is 0 Å². The fourth-order valence-electron chi connectivity index (χ4n) is 2.56. The molecule has 0 bridgehead atoms. The molecular weight excluding hydrogens is 288 g/mol. The molecule has 0 radical (unpaired) electrons. The number of hydrogen-bond donors (Lipinski definition) is 2. The third-order valence-electron chi connectivity index (χ3n) is 4.07. The van der Waals surface area contributed by atoms with Crippen molar-refractivity contribution in [2.24, 2.45) is 5.41 Å². The van der Waals surface area contributed by atoms with Crippen molar-refractivity contribution < 1.29 is 23.8 Å². The Kier molecular flexibility index (Phi) is 5.07. The first kappa shape index (κ1) is 16.4. The second-order valence-electron chi connectivity index (χ2n) is 5.84. The van der Waals surface area contributed by atoms with E-state index < -0.39 is 11.4 Å². The number of methoxy groups -OCH3 is 1. The second-order valence-corrected chi connectivity index (χ2v) is 5.84. The zero-order valence-electron chi connectivity index (χ0n) is 12.9. The molecule has 1 aliphatic rings. The van der Waals surface area contributed by atoms with E-state index in [1.165, 1.54) is 4.90 Å². The molecule has 2 amide bonds. The number of aliphatic carboxylic acids is 1. The summed E-state index contributed by atoms with van der Waals surface area (Å²) in [5, 5.41) is 12.1. The molecule has 2 unspecified atom stereocenters. The summed E-state index contributed by atoms with van der Waals surface area (Å²) < 4.78 is 10.4. The van der Waals surface area contributed by atoms with Gasteiger partial charge in [-0.25, -0.2) is 4.79 Å². The van der Waals surface area contributed by atoms with Crippen molar-refractivity contribution in [3.05, 3.63) is 24.2 Å². The van der Waals surface area contributed by atoms with Gasteiger partial charge in [-0.15, -0.1) is 0 Å². The lowest BCUT2D eigenvalue weighted by Crippen LogP contribution is -2.42. The van der Waals surface area contributed by atoms with Gasteiger partial charge in [0.25, 0.3) is 0 Å². The van der Waals surface area contributed by atoms with Gasteiger partial charge >= 0.3 is 12.0 Å². The normalized spacial score (nSPS) is 22.5. The van der Waals surface area contributed by atoms with E-state index in [0.29, 0.717) is 31.8 Å². The Bertz CT molecular complexity index is 516. The number of amides is 2. The van der Waals surface area contributed by atoms with Crippen LogP contribution >= 0.6 is 0 Å². The molecular formula is C15H22N2O5. The zero-order valence-corrected chi connectivity index (χ0v) is 12.9. The Morgan fingerprint density at radius 2 is 2.36 bits per heavy atom. The van der Waals surface area contributed by atoms with E-state index in [-0.39, 0.29) is 18.6 Å². The Morgan fingerprint density at radius 3 is 2.91 bits per heavy atom. The lowest BCUT2D eigenvalue weighted by molar-refractivity contribution is -0.147. The molecule has 1 aliphatic heterocycles. The number of carbonyl (C=O) groups excluding carboxylic acids is 1. The van der Waals surface area contributed by atoms with Crippen LogP contribution in [0.4, 0.5) is 4.79 Å². The first-order chi connectivity index (χ1) is 10.5. The highest BCUT2D eigenvalue weighted by Crippen LogP contribution is 2.30. The van der Waals surface area contributed by atoms with Gasteiger partial charge in [0, 0.05) is 26.8 Å². The van der Waals surface area contributed by atoms with Gasteiger partial charge < -0.3 is 24.5 Å². The van der Waals surface area contributed by atoms with Crippen molar-refractivity contribution in [3.63, 3.8) is 0 Å². The average molecular weight is 310 g/mol. The lowest BCUT2D eigenvalue weighted by Gasteiger charge is -2.23. The SMILES string of the molecule is COCCC(NC(=O)N1CCC(C)(C(=O)O)C1)c1ccco1. The minimum atomic E-state index is -0.871. The maximum atomic E-state index is 12.4. The summed E-state index contributed by atoms with van der Waals surface area (Å²) >= 11 is 0. The second kappa shape index (κ2) is 6.83. The molecule has 7 nitrogen and oxygen atoms in total. The fraction of sp³-hybridized carbons (Fsp3) is 0.600. The molecule has 2 heterocycles. The van der Waals surface area contributed by atoms with Crippen molar-refractivity contribution >= 4 is 12.0 Å². The molecule has 122 valence electrons. The maximum absolute atomic E-state index is 12.4. The van der Waals surface area contributed by atoms with Crippen molar-refractivity contribution in [3.8, 4) is 0 Å². The standard InChI is InChI=1S/C15H22N2O5/c1-15(13(18)19)6-7-17(10-15)14(20)16-11(5-9-21-2)12-4-3-8-22-12/h3-4,8,11H,5-7,9-10H2,1-2H3,(H,16,20)(H,18,19). The van der Waals surface area contributed by atoms with Crippen LogP contribution in [0.2, 0.25) is 0 Å². The number of urea groups is 1. The highest BCUT2D eigenvalue weighted by atomic mass is 16.5. The van der Waals surface area contributed by atoms with Gasteiger partial charge in [0.1, 0.15) is 5.76 Å². The number of likely N-dealkylation sites (tertiary alicyclic amines) is 1. The van der Waals surface area contributed by atoms with Crippen molar-refractivity contribution in [1.82, 2.24) is 10.2 Å². The summed E-state index contributed by atoms with van der Waals surface area (Å²) in [6.07, 6.45) is 2.59. The summed E-state index contributed by atoms with van der Waals surface area (Å²) in [6.45, 7) is 2.79. The Morgan fingerprint density at radius 1 is 1.59 bits per heavy atom. The Labute approximate surface area is 129 Å². The molecule has 1 fully saturated rings. The molecule has 0 aliphatic carbocycles. The third kappa shape index (κ3) is 3.59. The summed E-state index contributed by atoms with van der Waals surface area (Å²) in [7, 11) is 1.60. The number of carboxylic acids is 1. The summed E-state index contributed by atoms with van der Waals surface area (Å²) in [5.74, 6) is -0.213. The van der Waals surface area contributed by atoms with Crippen LogP contribution in [-0.4, -0.2) is 48.8 Å². The van der Waals surface area contributed by atoms with Crippen molar-refractivity contribution in [2.45, 2.75) is 25.8 Å². The quantitative estimate of drug-likeness (QED) is 0.836. The van der Waals surface area contributed by atoms with E-state index in [4.69, 9.17) is 9.15 Å². The number of carboxylic acid groups (broad SMARTS) is 1. The minimum absolute atomic E-state index is 0.212. The molecule has 0 aromatic carbocycles. The topological polar surface area (TPSA) is 92.0 Å². The number of nitrogens with one attached hydrogen (secondary N) is 1. The van der Waals surface area contributed by atoms with Gasteiger partial charge in [-0.3, -0.25) is 4.79 Å². The van der Waals surface area contributed by atoms with Crippen LogP contribution in [0.15, 0.2) is 22.8 Å². The van der Waals surface area contributed by atoms with E-state index in [0.717, 1.165) is 0 Å².